The highest BCUT2D eigenvalue weighted by molar-refractivity contribution is 6.01. The number of non-ortho nitro benzene ring substituents is 1. The second kappa shape index (κ2) is 9.77. The van der Waals surface area contributed by atoms with E-state index in [2.05, 4.69) is 10.2 Å². The summed E-state index contributed by atoms with van der Waals surface area (Å²) in [5, 5.41) is 13.5. The lowest BCUT2D eigenvalue weighted by Gasteiger charge is -2.26. The van der Waals surface area contributed by atoms with Crippen molar-refractivity contribution in [2.45, 2.75) is 6.42 Å². The first-order valence-corrected chi connectivity index (χ1v) is 9.23. The number of rotatable bonds is 7. The molecule has 1 amide bonds. The predicted octanol–water partition coefficient (Wildman–Crippen LogP) is 3.12. The van der Waals surface area contributed by atoms with Crippen molar-refractivity contribution in [1.82, 2.24) is 4.90 Å². The molecule has 0 aromatic heterocycles. The van der Waals surface area contributed by atoms with Crippen molar-refractivity contribution in [1.29, 1.82) is 0 Å². The minimum atomic E-state index is -0.454. The monoisotopic (exact) mass is 381 g/mol. The topological polar surface area (TPSA) is 84.7 Å². The van der Waals surface area contributed by atoms with E-state index in [4.69, 9.17) is 4.74 Å². The molecular weight excluding hydrogens is 358 g/mol. The van der Waals surface area contributed by atoms with E-state index in [1.165, 1.54) is 23.8 Å². The number of nitrogens with zero attached hydrogens (tertiary/aromatic N) is 2. The first-order valence-electron chi connectivity index (χ1n) is 9.23. The molecule has 7 nitrogen and oxygen atoms in total. The summed E-state index contributed by atoms with van der Waals surface area (Å²) in [7, 11) is 0. The van der Waals surface area contributed by atoms with Crippen LogP contribution in [0.1, 0.15) is 11.1 Å². The fraction of sp³-hybridized carbons (Fsp3) is 0.286. The normalized spacial score (nSPS) is 14.9. The molecule has 146 valence electrons. The van der Waals surface area contributed by atoms with Crippen LogP contribution in [0.15, 0.2) is 54.6 Å². The maximum Gasteiger partial charge on any atom is 0.269 e. The molecule has 0 atom stereocenters. The molecule has 0 bridgehead atoms. The van der Waals surface area contributed by atoms with Crippen LogP contribution in [0.4, 0.5) is 11.4 Å². The standard InChI is InChI=1S/C21H23N3O4/c25-21(10-5-17-3-8-20(9-4-17)24(26)27)22-19-6-1-18(2-7-19)11-12-23-13-15-28-16-14-23/h1-10H,11-16H2,(H,22,25)/b10-5+. The van der Waals surface area contributed by atoms with Gasteiger partial charge >= 0.3 is 0 Å². The molecule has 2 aromatic carbocycles. The molecule has 0 saturated carbocycles. The van der Waals surface area contributed by atoms with Gasteiger partial charge in [-0.1, -0.05) is 12.1 Å². The Morgan fingerprint density at radius 3 is 2.43 bits per heavy atom. The molecule has 2 aromatic rings. The number of amides is 1. The predicted molar refractivity (Wildman–Crippen MR) is 108 cm³/mol. The molecule has 0 unspecified atom stereocenters. The average Bonchev–Trinajstić information content (AvgIpc) is 2.73. The van der Waals surface area contributed by atoms with Gasteiger partial charge < -0.3 is 10.1 Å². The van der Waals surface area contributed by atoms with Gasteiger partial charge in [0.05, 0.1) is 18.1 Å². The highest BCUT2D eigenvalue weighted by atomic mass is 16.6. The van der Waals surface area contributed by atoms with Gasteiger partial charge in [-0.05, 0) is 47.9 Å². The third-order valence-corrected chi connectivity index (χ3v) is 4.57. The summed E-state index contributed by atoms with van der Waals surface area (Å²) in [4.78, 5) is 24.6. The number of nitro groups is 1. The molecule has 1 aliphatic rings. The number of morpholine rings is 1. The van der Waals surface area contributed by atoms with Gasteiger partial charge in [0, 0.05) is 43.5 Å². The number of nitro benzene ring substituents is 1. The van der Waals surface area contributed by atoms with Gasteiger partial charge in [-0.15, -0.1) is 0 Å². The van der Waals surface area contributed by atoms with Crippen LogP contribution in [-0.4, -0.2) is 48.6 Å². The highest BCUT2D eigenvalue weighted by Gasteiger charge is 2.09. The van der Waals surface area contributed by atoms with Crippen molar-refractivity contribution < 1.29 is 14.5 Å². The van der Waals surface area contributed by atoms with Crippen molar-refractivity contribution in [2.75, 3.05) is 38.2 Å². The zero-order valence-electron chi connectivity index (χ0n) is 15.5. The Morgan fingerprint density at radius 2 is 1.79 bits per heavy atom. The van der Waals surface area contributed by atoms with Gasteiger partial charge in [-0.25, -0.2) is 0 Å². The van der Waals surface area contributed by atoms with E-state index < -0.39 is 4.92 Å². The van der Waals surface area contributed by atoms with Crippen LogP contribution in [0.5, 0.6) is 0 Å². The smallest absolute Gasteiger partial charge is 0.269 e. The maximum atomic E-state index is 12.1. The second-order valence-electron chi connectivity index (χ2n) is 6.57. The zero-order chi connectivity index (χ0) is 19.8. The van der Waals surface area contributed by atoms with E-state index in [0.29, 0.717) is 0 Å². The summed E-state index contributed by atoms with van der Waals surface area (Å²) < 4.78 is 5.35. The molecule has 3 rings (SSSR count). The molecule has 0 aliphatic carbocycles. The molecule has 1 fully saturated rings. The van der Waals surface area contributed by atoms with Crippen LogP contribution in [0.3, 0.4) is 0 Å². The summed E-state index contributed by atoms with van der Waals surface area (Å²) >= 11 is 0. The lowest BCUT2D eigenvalue weighted by atomic mass is 10.1. The number of benzene rings is 2. The summed E-state index contributed by atoms with van der Waals surface area (Å²) in [6.45, 7) is 4.58. The van der Waals surface area contributed by atoms with Crippen molar-refractivity contribution in [2.24, 2.45) is 0 Å². The number of carbonyl (C=O) groups excluding carboxylic acids is 1. The van der Waals surface area contributed by atoms with Gasteiger partial charge in [0.2, 0.25) is 5.91 Å². The molecule has 0 spiro atoms. The Balaban J connectivity index is 1.47. The number of ether oxygens (including phenoxy) is 1. The Morgan fingerprint density at radius 1 is 1.11 bits per heavy atom. The van der Waals surface area contributed by atoms with E-state index in [0.717, 1.165) is 50.5 Å². The second-order valence-corrected chi connectivity index (χ2v) is 6.57. The van der Waals surface area contributed by atoms with Crippen LogP contribution < -0.4 is 5.32 Å². The summed E-state index contributed by atoms with van der Waals surface area (Å²) in [5.74, 6) is -0.251. The van der Waals surface area contributed by atoms with Crippen molar-refractivity contribution in [3.8, 4) is 0 Å². The Kier molecular flexibility index (Phi) is 6.89. The molecule has 0 radical (unpaired) electrons. The van der Waals surface area contributed by atoms with E-state index in [1.807, 2.05) is 24.3 Å². The average molecular weight is 381 g/mol. The van der Waals surface area contributed by atoms with E-state index in [9.17, 15) is 14.9 Å². The number of hydrogen-bond donors (Lipinski definition) is 1. The minimum absolute atomic E-state index is 0.0234. The molecule has 1 N–H and O–H groups in total. The summed E-state index contributed by atoms with van der Waals surface area (Å²) in [6.07, 6.45) is 4.00. The van der Waals surface area contributed by atoms with Crippen molar-refractivity contribution in [3.63, 3.8) is 0 Å². The summed E-state index contributed by atoms with van der Waals surface area (Å²) in [6, 6.07) is 13.9. The van der Waals surface area contributed by atoms with Gasteiger partial charge in [-0.3, -0.25) is 19.8 Å². The van der Waals surface area contributed by atoms with Crippen LogP contribution in [0.2, 0.25) is 0 Å². The number of nitrogens with one attached hydrogen (secondary N) is 1. The van der Waals surface area contributed by atoms with Crippen molar-refractivity contribution >= 4 is 23.4 Å². The summed E-state index contributed by atoms with van der Waals surface area (Å²) in [5.41, 5.74) is 2.70. The van der Waals surface area contributed by atoms with Crippen LogP contribution in [0, 0.1) is 10.1 Å². The number of carbonyl (C=O) groups is 1. The number of hydrogen-bond acceptors (Lipinski definition) is 5. The van der Waals surface area contributed by atoms with Gasteiger partial charge in [0.25, 0.3) is 5.69 Å². The van der Waals surface area contributed by atoms with E-state index >= 15 is 0 Å². The van der Waals surface area contributed by atoms with Gasteiger partial charge in [-0.2, -0.15) is 0 Å². The molecule has 1 saturated heterocycles. The SMILES string of the molecule is O=C(/C=C/c1ccc([N+](=O)[O-])cc1)Nc1ccc(CCN2CCOCC2)cc1. The molecule has 28 heavy (non-hydrogen) atoms. The Bertz CT molecular complexity index is 826. The Hall–Kier alpha value is -3.03. The third kappa shape index (κ3) is 6.00. The first-order chi connectivity index (χ1) is 13.6. The lowest BCUT2D eigenvalue weighted by Crippen LogP contribution is -2.37. The van der Waals surface area contributed by atoms with E-state index in [-0.39, 0.29) is 11.6 Å². The molecule has 1 heterocycles. The Labute approximate surface area is 163 Å². The lowest BCUT2D eigenvalue weighted by molar-refractivity contribution is -0.384. The first kappa shape index (κ1) is 19.7. The molecular formula is C21H23N3O4. The largest absolute Gasteiger partial charge is 0.379 e. The van der Waals surface area contributed by atoms with Crippen LogP contribution >= 0.6 is 0 Å². The third-order valence-electron chi connectivity index (χ3n) is 4.57. The van der Waals surface area contributed by atoms with Crippen LogP contribution in [-0.2, 0) is 16.0 Å². The van der Waals surface area contributed by atoms with Gasteiger partial charge in [0.1, 0.15) is 0 Å². The minimum Gasteiger partial charge on any atom is -0.379 e. The molecule has 1 aliphatic heterocycles. The zero-order valence-corrected chi connectivity index (χ0v) is 15.5. The fourth-order valence-corrected chi connectivity index (χ4v) is 2.93. The maximum absolute atomic E-state index is 12.1. The van der Waals surface area contributed by atoms with Crippen LogP contribution in [0.25, 0.3) is 6.08 Å². The molecule has 7 heteroatoms. The number of anilines is 1. The fourth-order valence-electron chi connectivity index (χ4n) is 2.93. The van der Waals surface area contributed by atoms with Crippen molar-refractivity contribution in [3.05, 3.63) is 75.8 Å². The van der Waals surface area contributed by atoms with Gasteiger partial charge in [0.15, 0.2) is 0 Å². The van der Waals surface area contributed by atoms with E-state index in [1.54, 1.807) is 18.2 Å². The highest BCUT2D eigenvalue weighted by Crippen LogP contribution is 2.14. The quantitative estimate of drug-likeness (QED) is 0.452.